The second kappa shape index (κ2) is 13.4. The van der Waals surface area contributed by atoms with Gasteiger partial charge in [0.15, 0.2) is 0 Å². The molecular weight excluding hydrogens is 606 g/mol. The third-order valence-corrected chi connectivity index (χ3v) is 9.79. The number of benzene rings is 2. The van der Waals surface area contributed by atoms with Crippen molar-refractivity contribution >= 4 is 27.8 Å². The monoisotopic (exact) mass is 649 g/mol. The maximum absolute atomic E-state index is 14.3. The molecule has 0 spiro atoms. The number of carbonyl (C=O) groups excluding carboxylic acids is 2. The Labute approximate surface area is 271 Å². The summed E-state index contributed by atoms with van der Waals surface area (Å²) in [4.78, 5) is 40.1. The molecule has 3 aromatic rings. The van der Waals surface area contributed by atoms with Crippen molar-refractivity contribution in [3.8, 4) is 17.1 Å². The predicted molar refractivity (Wildman–Crippen MR) is 175 cm³/mol. The number of aryl methyl sites for hydroxylation is 2. The molecule has 2 amide bonds. The minimum absolute atomic E-state index is 0.00642. The topological polar surface area (TPSA) is 131 Å². The first-order chi connectivity index (χ1) is 21.7. The Kier molecular flexibility index (Phi) is 9.69. The fourth-order valence-corrected chi connectivity index (χ4v) is 7.07. The van der Waals surface area contributed by atoms with E-state index >= 15 is 0 Å². The van der Waals surface area contributed by atoms with Gasteiger partial charge in [-0.05, 0) is 67.9 Å². The van der Waals surface area contributed by atoms with E-state index in [0.717, 1.165) is 29.5 Å². The number of carbonyl (C=O) groups is 2. The summed E-state index contributed by atoms with van der Waals surface area (Å²) in [7, 11) is -2.44. The van der Waals surface area contributed by atoms with Crippen LogP contribution in [0.4, 0.5) is 5.95 Å². The second-order valence-corrected chi connectivity index (χ2v) is 15.0. The van der Waals surface area contributed by atoms with Gasteiger partial charge in [0.25, 0.3) is 15.9 Å². The van der Waals surface area contributed by atoms with Crippen LogP contribution in [0.3, 0.4) is 0 Å². The highest BCUT2D eigenvalue weighted by molar-refractivity contribution is 7.92. The van der Waals surface area contributed by atoms with Gasteiger partial charge < -0.3 is 19.3 Å². The number of ether oxygens (including phenoxy) is 2. The van der Waals surface area contributed by atoms with Gasteiger partial charge >= 0.3 is 0 Å². The first kappa shape index (κ1) is 33.3. The highest BCUT2D eigenvalue weighted by Crippen LogP contribution is 2.31. The van der Waals surface area contributed by atoms with Crippen LogP contribution in [0.1, 0.15) is 61.5 Å². The minimum Gasteiger partial charge on any atom is -0.475 e. The average Bonchev–Trinajstić information content (AvgIpc) is 3.00. The molecule has 246 valence electrons. The molecule has 1 aromatic heterocycles. The predicted octanol–water partition coefficient (Wildman–Crippen LogP) is 4.84. The highest BCUT2D eigenvalue weighted by Gasteiger charge is 2.34. The van der Waals surface area contributed by atoms with Crippen molar-refractivity contribution in [3.63, 3.8) is 0 Å². The van der Waals surface area contributed by atoms with Crippen molar-refractivity contribution in [1.29, 1.82) is 0 Å². The fourth-order valence-electron chi connectivity index (χ4n) is 6.08. The zero-order valence-electron chi connectivity index (χ0n) is 27.4. The van der Waals surface area contributed by atoms with Gasteiger partial charge in [-0.1, -0.05) is 45.0 Å². The van der Waals surface area contributed by atoms with Crippen molar-refractivity contribution in [2.75, 3.05) is 38.1 Å². The number of fused-ring (bicyclic) bond motifs is 4. The van der Waals surface area contributed by atoms with Crippen molar-refractivity contribution in [2.45, 2.75) is 70.9 Å². The van der Waals surface area contributed by atoms with Gasteiger partial charge in [-0.2, -0.15) is 4.98 Å². The Bertz CT molecular complexity index is 1690. The normalized spacial score (nSPS) is 18.8. The van der Waals surface area contributed by atoms with Crippen molar-refractivity contribution in [2.24, 2.45) is 5.41 Å². The number of aromatic nitrogens is 2. The van der Waals surface area contributed by atoms with Gasteiger partial charge in [-0.25, -0.2) is 18.1 Å². The van der Waals surface area contributed by atoms with E-state index in [1.165, 1.54) is 23.1 Å². The van der Waals surface area contributed by atoms with Crippen LogP contribution < -0.4 is 9.46 Å². The van der Waals surface area contributed by atoms with Gasteiger partial charge in [0, 0.05) is 43.5 Å². The third-order valence-electron chi connectivity index (χ3n) is 8.47. The van der Waals surface area contributed by atoms with Gasteiger partial charge in [0.05, 0.1) is 16.6 Å². The first-order valence-electron chi connectivity index (χ1n) is 15.6. The molecule has 1 saturated heterocycles. The molecule has 5 rings (SSSR count). The maximum Gasteiger partial charge on any atom is 0.264 e. The summed E-state index contributed by atoms with van der Waals surface area (Å²) < 4.78 is 41.5. The molecule has 0 radical (unpaired) electrons. The molecular formula is C34H43N5O6S. The van der Waals surface area contributed by atoms with Gasteiger partial charge in [-0.15, -0.1) is 0 Å². The molecule has 0 unspecified atom stereocenters. The molecule has 0 aliphatic carbocycles. The average molecular weight is 650 g/mol. The van der Waals surface area contributed by atoms with Crippen LogP contribution in [0.15, 0.2) is 53.4 Å². The van der Waals surface area contributed by atoms with Crippen LogP contribution in [0.5, 0.6) is 5.88 Å². The largest absolute Gasteiger partial charge is 0.475 e. The van der Waals surface area contributed by atoms with E-state index in [-0.39, 0.29) is 52.8 Å². The molecule has 2 aliphatic rings. The Morgan fingerprint density at radius 2 is 1.72 bits per heavy atom. The van der Waals surface area contributed by atoms with E-state index in [0.29, 0.717) is 25.3 Å². The molecule has 0 saturated carbocycles. The van der Waals surface area contributed by atoms with Crippen LogP contribution in [0.2, 0.25) is 0 Å². The summed E-state index contributed by atoms with van der Waals surface area (Å²) >= 11 is 0. The summed E-state index contributed by atoms with van der Waals surface area (Å²) in [6.07, 6.45) is 1.94. The number of hydrogen-bond donors (Lipinski definition) is 1. The lowest BCUT2D eigenvalue weighted by atomic mass is 9.87. The fraction of sp³-hybridized carbons (Fsp3) is 0.471. The van der Waals surface area contributed by atoms with E-state index in [1.54, 1.807) is 24.1 Å². The summed E-state index contributed by atoms with van der Waals surface area (Å²) in [6.45, 7) is 11.1. The first-order valence-corrected chi connectivity index (χ1v) is 17.1. The molecule has 1 N–H and O–H groups in total. The molecule has 2 aliphatic heterocycles. The lowest BCUT2D eigenvalue weighted by Gasteiger charge is -2.37. The molecule has 11 nitrogen and oxygen atoms in total. The van der Waals surface area contributed by atoms with Gasteiger partial charge in [-0.3, -0.25) is 9.59 Å². The number of rotatable bonds is 5. The zero-order valence-corrected chi connectivity index (χ0v) is 28.2. The van der Waals surface area contributed by atoms with Crippen LogP contribution in [-0.4, -0.2) is 85.5 Å². The summed E-state index contributed by atoms with van der Waals surface area (Å²) in [5, 5.41) is 0. The lowest BCUT2D eigenvalue weighted by molar-refractivity contribution is -0.135. The molecule has 12 heteroatoms. The standard InChI is InChI=1S/C34H43N5O6S/c1-22-9-7-10-23(2)31(22)28-18-29-36-33(35-28)37-46(42,43)27-12-8-11-24(17-27)32(41)39(26(21-45-29)19-34(3,4)5)20-30(40)38(6)25-13-15-44-16-14-25/h7-12,17-18,25-26H,13-16,19-21H2,1-6H3,(H,35,36,37)/t26-/m1/s1. The molecule has 46 heavy (non-hydrogen) atoms. The van der Waals surface area contributed by atoms with Crippen molar-refractivity contribution in [1.82, 2.24) is 19.8 Å². The number of amides is 2. The van der Waals surface area contributed by atoms with Crippen molar-refractivity contribution in [3.05, 3.63) is 65.2 Å². The van der Waals surface area contributed by atoms with E-state index < -0.39 is 22.0 Å². The van der Waals surface area contributed by atoms with Gasteiger partial charge in [0.2, 0.25) is 17.7 Å². The van der Waals surface area contributed by atoms with E-state index in [2.05, 4.69) is 35.5 Å². The number of nitrogens with one attached hydrogen (secondary N) is 1. The third kappa shape index (κ3) is 7.67. The van der Waals surface area contributed by atoms with Gasteiger partial charge in [0.1, 0.15) is 13.2 Å². The van der Waals surface area contributed by atoms with Crippen molar-refractivity contribution < 1.29 is 27.5 Å². The lowest BCUT2D eigenvalue weighted by Crippen LogP contribution is -2.52. The smallest absolute Gasteiger partial charge is 0.264 e. The molecule has 1 fully saturated rings. The number of sulfonamides is 1. The summed E-state index contributed by atoms with van der Waals surface area (Å²) in [5.74, 6) is -0.677. The SMILES string of the molecule is Cc1cccc(C)c1-c1cc2nc(n1)NS(=O)(=O)c1cccc(c1)C(=O)N(CC(=O)N(C)C1CCOCC1)[C@H](CC(C)(C)C)CO2. The molecule has 2 aromatic carbocycles. The molecule has 4 bridgehead atoms. The van der Waals surface area contributed by atoms with E-state index in [4.69, 9.17) is 9.47 Å². The van der Waals surface area contributed by atoms with Crippen LogP contribution in [0.25, 0.3) is 11.3 Å². The number of likely N-dealkylation sites (N-methyl/N-ethyl adjacent to an activating group) is 1. The molecule has 1 atom stereocenters. The highest BCUT2D eigenvalue weighted by atomic mass is 32.2. The number of nitrogens with zero attached hydrogens (tertiary/aromatic N) is 4. The van der Waals surface area contributed by atoms with Crippen LogP contribution in [-0.2, 0) is 19.6 Å². The number of hydrogen-bond acceptors (Lipinski definition) is 8. The summed E-state index contributed by atoms with van der Waals surface area (Å²) in [5.41, 5.74) is 3.15. The summed E-state index contributed by atoms with van der Waals surface area (Å²) in [6, 6.07) is 12.8. The second-order valence-electron chi connectivity index (χ2n) is 13.3. The Morgan fingerprint density at radius 1 is 1.04 bits per heavy atom. The Morgan fingerprint density at radius 3 is 2.39 bits per heavy atom. The Balaban J connectivity index is 1.62. The molecule has 3 heterocycles. The zero-order chi connectivity index (χ0) is 33.2. The quantitative estimate of drug-likeness (QED) is 0.416. The maximum atomic E-state index is 14.3. The Hall–Kier alpha value is -4.03. The number of anilines is 1. The minimum atomic E-state index is -4.20. The van der Waals surface area contributed by atoms with E-state index in [9.17, 15) is 18.0 Å². The van der Waals surface area contributed by atoms with E-state index in [1.807, 2.05) is 32.0 Å². The van der Waals surface area contributed by atoms with Crippen LogP contribution >= 0.6 is 0 Å². The van der Waals surface area contributed by atoms with Crippen LogP contribution in [0, 0.1) is 19.3 Å².